The van der Waals surface area contributed by atoms with Crippen LogP contribution in [0.3, 0.4) is 0 Å². The van der Waals surface area contributed by atoms with Gasteiger partial charge in [-0.2, -0.15) is 0 Å². The number of methoxy groups -OCH3 is 1. The van der Waals surface area contributed by atoms with Crippen LogP contribution in [0.15, 0.2) is 0 Å². The molecule has 1 aliphatic heterocycles. The minimum Gasteiger partial charge on any atom is -0.383 e. The Morgan fingerprint density at radius 2 is 2.23 bits per heavy atom. The van der Waals surface area contributed by atoms with Crippen LogP contribution in [0.1, 0.15) is 13.3 Å². The first-order valence-electron chi connectivity index (χ1n) is 4.65. The number of piperidine rings is 1. The van der Waals surface area contributed by atoms with Crippen molar-refractivity contribution in [3.8, 4) is 0 Å². The molecular formula is C9H17F2NO. The van der Waals surface area contributed by atoms with Crippen molar-refractivity contribution < 1.29 is 13.5 Å². The molecule has 1 unspecified atom stereocenters. The van der Waals surface area contributed by atoms with Crippen LogP contribution in [0.2, 0.25) is 0 Å². The first-order chi connectivity index (χ1) is 6.06. The summed E-state index contributed by atoms with van der Waals surface area (Å²) in [4.78, 5) is 1.77. The molecule has 78 valence electrons. The molecular weight excluding hydrogens is 176 g/mol. The van der Waals surface area contributed by atoms with E-state index in [1.54, 1.807) is 18.9 Å². The molecule has 0 bridgehead atoms. The van der Waals surface area contributed by atoms with Crippen molar-refractivity contribution in [2.45, 2.75) is 19.3 Å². The summed E-state index contributed by atoms with van der Waals surface area (Å²) in [5.41, 5.74) is 0. The molecule has 1 heterocycles. The fraction of sp³-hybridized carbons (Fsp3) is 1.00. The van der Waals surface area contributed by atoms with Crippen LogP contribution in [-0.2, 0) is 4.74 Å². The molecule has 1 aliphatic rings. The molecule has 0 aromatic heterocycles. The van der Waals surface area contributed by atoms with Crippen molar-refractivity contribution >= 4 is 0 Å². The lowest BCUT2D eigenvalue weighted by molar-refractivity contribution is -0.106. The van der Waals surface area contributed by atoms with Gasteiger partial charge >= 0.3 is 0 Å². The van der Waals surface area contributed by atoms with E-state index >= 15 is 0 Å². The van der Waals surface area contributed by atoms with Crippen molar-refractivity contribution in [2.75, 3.05) is 33.4 Å². The molecule has 0 radical (unpaired) electrons. The van der Waals surface area contributed by atoms with Crippen molar-refractivity contribution in [2.24, 2.45) is 5.92 Å². The lowest BCUT2D eigenvalue weighted by Crippen LogP contribution is -2.48. The largest absolute Gasteiger partial charge is 0.383 e. The molecule has 0 saturated carbocycles. The Bertz CT molecular complexity index is 162. The second-order valence-corrected chi connectivity index (χ2v) is 3.72. The van der Waals surface area contributed by atoms with E-state index in [0.717, 1.165) is 6.54 Å². The lowest BCUT2D eigenvalue weighted by Gasteiger charge is -2.36. The smallest absolute Gasteiger partial charge is 0.263 e. The molecule has 0 spiro atoms. The van der Waals surface area contributed by atoms with Crippen LogP contribution in [0.4, 0.5) is 8.78 Å². The van der Waals surface area contributed by atoms with Gasteiger partial charge in [0.1, 0.15) is 0 Å². The monoisotopic (exact) mass is 193 g/mol. The lowest BCUT2D eigenvalue weighted by atomic mass is 9.95. The molecule has 0 amide bonds. The van der Waals surface area contributed by atoms with Crippen molar-refractivity contribution in [3.05, 3.63) is 0 Å². The van der Waals surface area contributed by atoms with E-state index in [-0.39, 0.29) is 6.54 Å². The number of likely N-dealkylation sites (tertiary alicyclic amines) is 1. The minimum atomic E-state index is -2.52. The molecule has 1 saturated heterocycles. The summed E-state index contributed by atoms with van der Waals surface area (Å²) < 4.78 is 31.2. The zero-order chi connectivity index (χ0) is 9.90. The Morgan fingerprint density at radius 1 is 1.54 bits per heavy atom. The van der Waals surface area contributed by atoms with E-state index in [4.69, 9.17) is 4.74 Å². The van der Waals surface area contributed by atoms with E-state index in [9.17, 15) is 8.78 Å². The number of ether oxygens (including phenoxy) is 1. The Labute approximate surface area is 77.9 Å². The zero-order valence-electron chi connectivity index (χ0n) is 8.22. The van der Waals surface area contributed by atoms with Crippen LogP contribution in [-0.4, -0.2) is 44.2 Å². The molecule has 1 fully saturated rings. The first kappa shape index (κ1) is 10.9. The number of halogens is 2. The van der Waals surface area contributed by atoms with Gasteiger partial charge in [-0.15, -0.1) is 0 Å². The van der Waals surface area contributed by atoms with Gasteiger partial charge in [0.2, 0.25) is 0 Å². The maximum absolute atomic E-state index is 13.2. The van der Waals surface area contributed by atoms with Gasteiger partial charge in [-0.05, 0) is 13.0 Å². The van der Waals surface area contributed by atoms with Gasteiger partial charge in [-0.1, -0.05) is 6.92 Å². The first-order valence-corrected chi connectivity index (χ1v) is 4.65. The highest BCUT2D eigenvalue weighted by Crippen LogP contribution is 2.31. The van der Waals surface area contributed by atoms with Crippen molar-refractivity contribution in [1.29, 1.82) is 0 Å². The van der Waals surface area contributed by atoms with Crippen LogP contribution < -0.4 is 0 Å². The number of hydrogen-bond acceptors (Lipinski definition) is 2. The number of nitrogens with zero attached hydrogens (tertiary/aromatic N) is 1. The van der Waals surface area contributed by atoms with Gasteiger partial charge in [0, 0.05) is 19.6 Å². The van der Waals surface area contributed by atoms with Crippen LogP contribution >= 0.6 is 0 Å². The molecule has 4 heteroatoms. The van der Waals surface area contributed by atoms with E-state index in [1.165, 1.54) is 0 Å². The Hall–Kier alpha value is -0.220. The Balaban J connectivity index is 2.37. The zero-order valence-corrected chi connectivity index (χ0v) is 8.22. The second-order valence-electron chi connectivity index (χ2n) is 3.72. The number of alkyl halides is 2. The van der Waals surface area contributed by atoms with Gasteiger partial charge in [-0.25, -0.2) is 8.78 Å². The molecule has 0 aromatic carbocycles. The molecule has 2 nitrogen and oxygen atoms in total. The molecule has 0 aromatic rings. The van der Waals surface area contributed by atoms with Crippen molar-refractivity contribution in [3.63, 3.8) is 0 Å². The Morgan fingerprint density at radius 3 is 2.77 bits per heavy atom. The van der Waals surface area contributed by atoms with E-state index < -0.39 is 11.8 Å². The highest BCUT2D eigenvalue weighted by atomic mass is 19.3. The summed E-state index contributed by atoms with van der Waals surface area (Å²) in [6.07, 6.45) is 0.580. The number of hydrogen-bond donors (Lipinski definition) is 0. The third kappa shape index (κ3) is 2.88. The summed E-state index contributed by atoms with van der Waals surface area (Å²) in [7, 11) is 1.59. The predicted octanol–water partition coefficient (Wildman–Crippen LogP) is 1.61. The van der Waals surface area contributed by atoms with E-state index in [1.807, 2.05) is 0 Å². The third-order valence-corrected chi connectivity index (χ3v) is 2.65. The van der Waals surface area contributed by atoms with Crippen LogP contribution in [0.25, 0.3) is 0 Å². The predicted molar refractivity (Wildman–Crippen MR) is 47.0 cm³/mol. The molecule has 1 rings (SSSR count). The maximum atomic E-state index is 13.2. The van der Waals surface area contributed by atoms with Gasteiger partial charge in [0.05, 0.1) is 13.2 Å². The van der Waals surface area contributed by atoms with Gasteiger partial charge < -0.3 is 4.74 Å². The second kappa shape index (κ2) is 4.33. The van der Waals surface area contributed by atoms with Crippen LogP contribution in [0, 0.1) is 5.92 Å². The summed E-state index contributed by atoms with van der Waals surface area (Å²) in [5.74, 6) is -3.00. The van der Waals surface area contributed by atoms with Crippen LogP contribution in [0.5, 0.6) is 0 Å². The normalized spacial score (nSPS) is 29.1. The SMILES string of the molecule is COCCN1CCC(C)C(F)(F)C1. The molecule has 0 N–H and O–H groups in total. The quantitative estimate of drug-likeness (QED) is 0.675. The third-order valence-electron chi connectivity index (χ3n) is 2.65. The molecule has 13 heavy (non-hydrogen) atoms. The summed E-state index contributed by atoms with van der Waals surface area (Å²) in [6.45, 7) is 3.41. The summed E-state index contributed by atoms with van der Waals surface area (Å²) >= 11 is 0. The Kier molecular flexibility index (Phi) is 3.62. The average Bonchev–Trinajstić information content (AvgIpc) is 2.07. The van der Waals surface area contributed by atoms with Crippen molar-refractivity contribution in [1.82, 2.24) is 4.90 Å². The van der Waals surface area contributed by atoms with Gasteiger partial charge in [-0.3, -0.25) is 4.90 Å². The average molecular weight is 193 g/mol. The van der Waals surface area contributed by atoms with Gasteiger partial charge in [0.15, 0.2) is 0 Å². The molecule has 0 aliphatic carbocycles. The highest BCUT2D eigenvalue weighted by molar-refractivity contribution is 4.83. The van der Waals surface area contributed by atoms with Gasteiger partial charge in [0.25, 0.3) is 5.92 Å². The summed E-state index contributed by atoms with van der Waals surface area (Å²) in [5, 5.41) is 0. The maximum Gasteiger partial charge on any atom is 0.263 e. The van der Waals surface area contributed by atoms with E-state index in [2.05, 4.69) is 0 Å². The minimum absolute atomic E-state index is 0.114. The molecule has 1 atom stereocenters. The topological polar surface area (TPSA) is 12.5 Å². The standard InChI is InChI=1S/C9H17F2NO/c1-8-3-4-12(5-6-13-2)7-9(8,10)11/h8H,3-7H2,1-2H3. The summed E-state index contributed by atoms with van der Waals surface area (Å²) in [6, 6.07) is 0. The number of rotatable bonds is 3. The fourth-order valence-electron chi connectivity index (χ4n) is 1.53. The fourth-order valence-corrected chi connectivity index (χ4v) is 1.53. The van der Waals surface area contributed by atoms with E-state index in [0.29, 0.717) is 19.6 Å². The highest BCUT2D eigenvalue weighted by Gasteiger charge is 2.41.